The zero-order valence-corrected chi connectivity index (χ0v) is 17.9. The Bertz CT molecular complexity index is 678. The molecule has 1 aromatic rings. The van der Waals surface area contributed by atoms with E-state index in [-0.39, 0.29) is 12.3 Å². The number of aliphatic imine (C=N–C) groups is 1. The predicted molar refractivity (Wildman–Crippen MR) is 110 cm³/mol. The molecule has 8 heteroatoms. The van der Waals surface area contributed by atoms with E-state index >= 15 is 0 Å². The Balaban J connectivity index is 1.93. The number of nitrogens with zero attached hydrogens (tertiary/aromatic N) is 1. The molecule has 0 bridgehead atoms. The Morgan fingerprint density at radius 1 is 1.32 bits per heavy atom. The van der Waals surface area contributed by atoms with E-state index in [4.69, 9.17) is 0 Å². The number of halogens is 1. The zero-order valence-electron chi connectivity index (χ0n) is 14.7. The average Bonchev–Trinajstić information content (AvgIpc) is 3.03. The second kappa shape index (κ2) is 9.83. The molecule has 0 aromatic heterocycles. The van der Waals surface area contributed by atoms with Gasteiger partial charge < -0.3 is 10.6 Å². The molecular formula is C17H26BrN3O2S2. The summed E-state index contributed by atoms with van der Waals surface area (Å²) in [6.45, 7) is 3.01. The fourth-order valence-electron chi connectivity index (χ4n) is 2.84. The summed E-state index contributed by atoms with van der Waals surface area (Å²) in [6.07, 6.45) is 5.63. The smallest absolute Gasteiger partial charge is 0.191 e. The minimum Gasteiger partial charge on any atom is -0.357 e. The van der Waals surface area contributed by atoms with Crippen molar-refractivity contribution in [2.24, 2.45) is 4.99 Å². The molecule has 1 fully saturated rings. The maximum absolute atomic E-state index is 12.4. The molecule has 140 valence electrons. The summed E-state index contributed by atoms with van der Waals surface area (Å²) < 4.78 is 25.6. The fourth-order valence-corrected chi connectivity index (χ4v) is 5.02. The highest BCUT2D eigenvalue weighted by Gasteiger charge is 2.24. The third kappa shape index (κ3) is 6.49. The number of hydrogen-bond acceptors (Lipinski definition) is 4. The second-order valence-corrected chi connectivity index (χ2v) is 10.2. The molecule has 2 atom stereocenters. The maximum Gasteiger partial charge on any atom is 0.191 e. The Hall–Kier alpha value is -0.730. The highest BCUT2D eigenvalue weighted by atomic mass is 79.9. The Kier molecular flexibility index (Phi) is 8.09. The molecule has 0 aliphatic heterocycles. The monoisotopic (exact) mass is 447 g/mol. The molecule has 1 aromatic carbocycles. The van der Waals surface area contributed by atoms with Gasteiger partial charge in [0.1, 0.15) is 0 Å². The minimum atomic E-state index is -3.31. The van der Waals surface area contributed by atoms with Crippen LogP contribution in [0.3, 0.4) is 0 Å². The van der Waals surface area contributed by atoms with E-state index in [2.05, 4.69) is 37.8 Å². The summed E-state index contributed by atoms with van der Waals surface area (Å²) in [5.41, 5.74) is 0. The van der Waals surface area contributed by atoms with Gasteiger partial charge in [0.05, 0.1) is 17.2 Å². The van der Waals surface area contributed by atoms with Crippen LogP contribution in [0.1, 0.15) is 26.2 Å². The van der Waals surface area contributed by atoms with E-state index in [1.54, 1.807) is 24.3 Å². The van der Waals surface area contributed by atoms with E-state index in [9.17, 15) is 8.42 Å². The predicted octanol–water partition coefficient (Wildman–Crippen LogP) is 3.06. The number of benzene rings is 1. The topological polar surface area (TPSA) is 70.6 Å². The van der Waals surface area contributed by atoms with Crippen LogP contribution in [-0.4, -0.2) is 50.8 Å². The molecule has 1 saturated carbocycles. The molecule has 0 heterocycles. The first kappa shape index (κ1) is 20.6. The molecule has 2 N–H and O–H groups in total. The number of hydrogen-bond donors (Lipinski definition) is 2. The van der Waals surface area contributed by atoms with Crippen molar-refractivity contribution in [2.75, 3.05) is 25.1 Å². The molecule has 0 saturated heterocycles. The van der Waals surface area contributed by atoms with Gasteiger partial charge in [-0.15, -0.1) is 0 Å². The summed E-state index contributed by atoms with van der Waals surface area (Å²) in [5, 5.41) is 7.35. The first-order valence-electron chi connectivity index (χ1n) is 8.50. The standard InChI is InChI=1S/C17H26BrN3O2S2/c1-3-19-17(21-14-6-7-15(12-14)24-2)20-10-11-25(22,23)16-8-4-13(18)5-9-16/h4-5,8-9,14-15H,3,6-7,10-12H2,1-2H3,(H2,19,20,21). The number of thioether (sulfide) groups is 1. The lowest BCUT2D eigenvalue weighted by Gasteiger charge is -2.17. The van der Waals surface area contributed by atoms with Crippen molar-refractivity contribution in [3.05, 3.63) is 28.7 Å². The number of guanidine groups is 1. The van der Waals surface area contributed by atoms with Crippen molar-refractivity contribution in [2.45, 2.75) is 42.4 Å². The van der Waals surface area contributed by atoms with Gasteiger partial charge in [0, 0.05) is 22.3 Å². The van der Waals surface area contributed by atoms with E-state index in [0.29, 0.717) is 22.1 Å². The van der Waals surface area contributed by atoms with Crippen molar-refractivity contribution in [3.63, 3.8) is 0 Å². The van der Waals surface area contributed by atoms with Gasteiger partial charge >= 0.3 is 0 Å². The van der Waals surface area contributed by atoms with Gasteiger partial charge in [-0.2, -0.15) is 11.8 Å². The van der Waals surface area contributed by atoms with Crippen molar-refractivity contribution < 1.29 is 8.42 Å². The second-order valence-electron chi connectivity index (χ2n) is 6.05. The number of sulfone groups is 1. The van der Waals surface area contributed by atoms with Gasteiger partial charge in [-0.1, -0.05) is 15.9 Å². The van der Waals surface area contributed by atoms with E-state index in [1.807, 2.05) is 18.7 Å². The van der Waals surface area contributed by atoms with Gasteiger partial charge in [-0.25, -0.2) is 8.42 Å². The molecule has 1 aliphatic rings. The summed E-state index contributed by atoms with van der Waals surface area (Å²) in [7, 11) is -3.31. The van der Waals surface area contributed by atoms with Crippen LogP contribution < -0.4 is 10.6 Å². The fraction of sp³-hybridized carbons (Fsp3) is 0.588. The normalized spacial score (nSPS) is 21.3. The van der Waals surface area contributed by atoms with Crippen molar-refractivity contribution in [1.82, 2.24) is 10.6 Å². The molecule has 2 unspecified atom stereocenters. The highest BCUT2D eigenvalue weighted by Crippen LogP contribution is 2.28. The van der Waals surface area contributed by atoms with Gasteiger partial charge in [0.2, 0.25) is 0 Å². The van der Waals surface area contributed by atoms with E-state index in [1.165, 1.54) is 6.42 Å². The lowest BCUT2D eigenvalue weighted by Crippen LogP contribution is -2.42. The van der Waals surface area contributed by atoms with Gasteiger partial charge in [-0.3, -0.25) is 4.99 Å². The molecule has 25 heavy (non-hydrogen) atoms. The summed E-state index contributed by atoms with van der Waals surface area (Å²) in [6, 6.07) is 7.13. The van der Waals surface area contributed by atoms with Crippen LogP contribution in [0, 0.1) is 0 Å². The summed E-state index contributed by atoms with van der Waals surface area (Å²) in [5.74, 6) is 0.712. The summed E-state index contributed by atoms with van der Waals surface area (Å²) in [4.78, 5) is 4.79. The molecule has 0 amide bonds. The third-order valence-electron chi connectivity index (χ3n) is 4.21. The van der Waals surface area contributed by atoms with Crippen LogP contribution in [0.4, 0.5) is 0 Å². The van der Waals surface area contributed by atoms with Crippen LogP contribution in [0.25, 0.3) is 0 Å². The number of nitrogens with one attached hydrogen (secondary N) is 2. The number of rotatable bonds is 7. The van der Waals surface area contributed by atoms with Crippen LogP contribution in [-0.2, 0) is 9.84 Å². The van der Waals surface area contributed by atoms with Crippen molar-refractivity contribution in [1.29, 1.82) is 0 Å². The Morgan fingerprint density at radius 3 is 2.64 bits per heavy atom. The Labute approximate surface area is 163 Å². The lowest BCUT2D eigenvalue weighted by molar-refractivity contribution is 0.595. The first-order chi connectivity index (χ1) is 11.9. The van der Waals surface area contributed by atoms with Crippen LogP contribution >= 0.6 is 27.7 Å². The quantitative estimate of drug-likeness (QED) is 0.496. The minimum absolute atomic E-state index is 0.00328. The molecule has 1 aliphatic carbocycles. The summed E-state index contributed by atoms with van der Waals surface area (Å²) >= 11 is 5.23. The first-order valence-corrected chi connectivity index (χ1v) is 12.2. The van der Waals surface area contributed by atoms with E-state index < -0.39 is 9.84 Å². The average molecular weight is 448 g/mol. The van der Waals surface area contributed by atoms with Crippen LogP contribution in [0.2, 0.25) is 0 Å². The zero-order chi connectivity index (χ0) is 18.3. The van der Waals surface area contributed by atoms with Gasteiger partial charge in [-0.05, 0) is 56.7 Å². The lowest BCUT2D eigenvalue weighted by atomic mass is 10.2. The van der Waals surface area contributed by atoms with Gasteiger partial charge in [0.15, 0.2) is 15.8 Å². The molecule has 5 nitrogen and oxygen atoms in total. The largest absolute Gasteiger partial charge is 0.357 e. The maximum atomic E-state index is 12.4. The molecule has 2 rings (SSSR count). The van der Waals surface area contributed by atoms with E-state index in [0.717, 1.165) is 23.9 Å². The Morgan fingerprint density at radius 2 is 2.04 bits per heavy atom. The SMILES string of the molecule is CCNC(=NCCS(=O)(=O)c1ccc(Br)cc1)NC1CCC(SC)C1. The third-order valence-corrected chi connectivity index (χ3v) is 7.54. The van der Waals surface area contributed by atoms with Gasteiger partial charge in [0.25, 0.3) is 0 Å². The molecular weight excluding hydrogens is 422 g/mol. The highest BCUT2D eigenvalue weighted by molar-refractivity contribution is 9.10. The molecule has 0 radical (unpaired) electrons. The van der Waals surface area contributed by atoms with Crippen molar-refractivity contribution >= 4 is 43.5 Å². The van der Waals surface area contributed by atoms with Crippen LogP contribution in [0.5, 0.6) is 0 Å². The van der Waals surface area contributed by atoms with Crippen molar-refractivity contribution in [3.8, 4) is 0 Å². The molecule has 0 spiro atoms. The van der Waals surface area contributed by atoms with Crippen LogP contribution in [0.15, 0.2) is 38.6 Å².